The average Bonchev–Trinajstić information content (AvgIpc) is 3.91. The fourth-order valence-corrected chi connectivity index (χ4v) is 8.57. The van der Waals surface area contributed by atoms with Crippen LogP contribution in [-0.4, -0.2) is 9.13 Å². The van der Waals surface area contributed by atoms with Gasteiger partial charge in [-0.1, -0.05) is 91.0 Å². The topological polar surface area (TPSA) is 54.4 Å². The quantitative estimate of drug-likeness (QED) is 0.167. The van der Waals surface area contributed by atoms with Gasteiger partial charge in [0.05, 0.1) is 57.0 Å². The molecule has 0 spiro atoms. The summed E-state index contributed by atoms with van der Waals surface area (Å²) in [7, 11) is 0. The SMILES string of the molecule is [C-]#[N+]c1cc(C#N)c(-n2c3ccc(N(c4ccccc4)c4ccccc4)cc3c3c4oc5ccccc5c4ccc32)cc1-n1c2ccccc2c2ccccc21. The lowest BCUT2D eigenvalue weighted by molar-refractivity contribution is 0.673. The lowest BCUT2D eigenvalue weighted by Gasteiger charge is -2.25. The van der Waals surface area contributed by atoms with Crippen LogP contribution in [0, 0.1) is 17.9 Å². The van der Waals surface area contributed by atoms with E-state index in [1.807, 2.05) is 60.7 Å². The lowest BCUT2D eigenvalue weighted by atomic mass is 10.1. The molecule has 11 rings (SSSR count). The highest BCUT2D eigenvalue weighted by molar-refractivity contribution is 6.24. The zero-order valence-corrected chi connectivity index (χ0v) is 29.9. The number of para-hydroxylation sites is 5. The number of hydrogen-bond acceptors (Lipinski definition) is 3. The smallest absolute Gasteiger partial charge is 0.212 e. The van der Waals surface area contributed by atoms with Crippen LogP contribution in [0.15, 0.2) is 180 Å². The van der Waals surface area contributed by atoms with E-state index in [0.29, 0.717) is 22.6 Å². The number of benzene rings is 8. The predicted molar refractivity (Wildman–Crippen MR) is 228 cm³/mol. The van der Waals surface area contributed by atoms with Gasteiger partial charge in [0.2, 0.25) is 5.69 Å². The van der Waals surface area contributed by atoms with Gasteiger partial charge >= 0.3 is 0 Å². The van der Waals surface area contributed by atoms with Crippen molar-refractivity contribution in [3.8, 4) is 17.4 Å². The maximum Gasteiger partial charge on any atom is 0.212 e. The molecule has 0 N–H and O–H groups in total. The number of nitrogens with zero attached hydrogens (tertiary/aromatic N) is 5. The minimum atomic E-state index is 0.404. The molecular formula is C50H29N5O. The molecule has 11 aromatic rings. The Morgan fingerprint density at radius 2 is 1.07 bits per heavy atom. The van der Waals surface area contributed by atoms with E-state index in [1.54, 1.807) is 6.07 Å². The van der Waals surface area contributed by atoms with E-state index in [0.717, 1.165) is 82.6 Å². The van der Waals surface area contributed by atoms with Crippen molar-refractivity contribution in [1.29, 1.82) is 5.26 Å². The van der Waals surface area contributed by atoms with Crippen LogP contribution in [0.5, 0.6) is 0 Å². The van der Waals surface area contributed by atoms with Crippen LogP contribution < -0.4 is 4.90 Å². The first kappa shape index (κ1) is 31.5. The summed E-state index contributed by atoms with van der Waals surface area (Å²) >= 11 is 0. The fraction of sp³-hybridized carbons (Fsp3) is 0. The average molecular weight is 716 g/mol. The Morgan fingerprint density at radius 3 is 1.73 bits per heavy atom. The summed E-state index contributed by atoms with van der Waals surface area (Å²) in [6, 6.07) is 62.4. The van der Waals surface area contributed by atoms with Gasteiger partial charge in [-0.25, -0.2) is 4.85 Å². The standard InChI is InChI=1S/C50H29N5O/c1-52-41-28-32(31-51)46(30-47(41)54-42-21-11-8-18-36(42)37-19-9-12-22-43(37)54)55-44-26-24-35(53(33-14-4-2-5-15-33)34-16-6-3-7-17-34)29-40(44)49-45(55)27-25-39-38-20-10-13-23-48(38)56-50(39)49/h2-30H. The number of furan rings is 1. The van der Waals surface area contributed by atoms with Crippen molar-refractivity contribution in [1.82, 2.24) is 9.13 Å². The molecule has 260 valence electrons. The van der Waals surface area contributed by atoms with Crippen molar-refractivity contribution < 1.29 is 4.42 Å². The van der Waals surface area contributed by atoms with Crippen LogP contribution >= 0.6 is 0 Å². The molecule has 0 saturated carbocycles. The third-order valence-corrected chi connectivity index (χ3v) is 10.9. The van der Waals surface area contributed by atoms with E-state index in [2.05, 4.69) is 134 Å². The Bertz CT molecular complexity index is 3360. The highest BCUT2D eigenvalue weighted by Crippen LogP contribution is 2.45. The highest BCUT2D eigenvalue weighted by atomic mass is 16.3. The van der Waals surface area contributed by atoms with E-state index in [-0.39, 0.29) is 0 Å². The van der Waals surface area contributed by atoms with Crippen LogP contribution in [0.25, 0.3) is 81.8 Å². The summed E-state index contributed by atoms with van der Waals surface area (Å²) in [5.74, 6) is 0. The van der Waals surface area contributed by atoms with Gasteiger partial charge in [-0.2, -0.15) is 5.26 Å². The molecule has 0 amide bonds. The number of aromatic nitrogens is 2. The third-order valence-electron chi connectivity index (χ3n) is 10.9. The van der Waals surface area contributed by atoms with Gasteiger partial charge in [-0.05, 0) is 84.9 Å². The van der Waals surface area contributed by atoms with Crippen LogP contribution in [-0.2, 0) is 0 Å². The minimum absolute atomic E-state index is 0.404. The van der Waals surface area contributed by atoms with Crippen molar-refractivity contribution >= 4 is 88.3 Å². The predicted octanol–water partition coefficient (Wildman–Crippen LogP) is 13.7. The molecule has 0 atom stereocenters. The number of fused-ring (bicyclic) bond motifs is 10. The Morgan fingerprint density at radius 1 is 0.500 bits per heavy atom. The molecule has 0 aliphatic rings. The zero-order valence-electron chi connectivity index (χ0n) is 29.9. The normalized spacial score (nSPS) is 11.5. The Kier molecular flexibility index (Phi) is 6.88. The van der Waals surface area contributed by atoms with Crippen LogP contribution in [0.1, 0.15) is 5.56 Å². The number of rotatable bonds is 5. The van der Waals surface area contributed by atoms with Gasteiger partial charge in [0.15, 0.2) is 0 Å². The number of hydrogen-bond donors (Lipinski definition) is 0. The second-order valence-electron chi connectivity index (χ2n) is 13.9. The van der Waals surface area contributed by atoms with Gasteiger partial charge in [-0.3, -0.25) is 0 Å². The summed E-state index contributed by atoms with van der Waals surface area (Å²) < 4.78 is 11.1. The van der Waals surface area contributed by atoms with Crippen molar-refractivity contribution in [2.45, 2.75) is 0 Å². The molecule has 56 heavy (non-hydrogen) atoms. The number of anilines is 3. The maximum absolute atomic E-state index is 10.8. The summed E-state index contributed by atoms with van der Waals surface area (Å²) in [5.41, 5.74) is 10.7. The maximum atomic E-state index is 10.8. The molecule has 3 aromatic heterocycles. The second kappa shape index (κ2) is 12.2. The Balaban J connectivity index is 1.26. The molecule has 0 fully saturated rings. The molecule has 0 aliphatic carbocycles. The lowest BCUT2D eigenvalue weighted by Crippen LogP contribution is -2.09. The van der Waals surface area contributed by atoms with Gasteiger partial charge in [0.25, 0.3) is 0 Å². The molecule has 0 radical (unpaired) electrons. The molecular weight excluding hydrogens is 687 g/mol. The monoisotopic (exact) mass is 715 g/mol. The summed E-state index contributed by atoms with van der Waals surface area (Å²) in [6.07, 6.45) is 0. The first-order chi connectivity index (χ1) is 27.7. The molecule has 0 unspecified atom stereocenters. The summed E-state index contributed by atoms with van der Waals surface area (Å²) in [5, 5.41) is 17.0. The molecule has 0 bridgehead atoms. The molecule has 0 aliphatic heterocycles. The van der Waals surface area contributed by atoms with E-state index in [4.69, 9.17) is 11.0 Å². The van der Waals surface area contributed by atoms with Crippen LogP contribution in [0.2, 0.25) is 0 Å². The van der Waals surface area contributed by atoms with E-state index in [9.17, 15) is 5.26 Å². The first-order valence-corrected chi connectivity index (χ1v) is 18.4. The van der Waals surface area contributed by atoms with Gasteiger partial charge in [-0.15, -0.1) is 0 Å². The van der Waals surface area contributed by atoms with Gasteiger partial charge in [0, 0.05) is 44.0 Å². The molecule has 8 aromatic carbocycles. The fourth-order valence-electron chi connectivity index (χ4n) is 8.57. The molecule has 6 heteroatoms. The summed E-state index contributed by atoms with van der Waals surface area (Å²) in [6.45, 7) is 8.31. The van der Waals surface area contributed by atoms with Crippen LogP contribution in [0.4, 0.5) is 22.7 Å². The minimum Gasteiger partial charge on any atom is -0.455 e. The van der Waals surface area contributed by atoms with Crippen LogP contribution in [0.3, 0.4) is 0 Å². The van der Waals surface area contributed by atoms with Crippen molar-refractivity contribution in [2.24, 2.45) is 0 Å². The van der Waals surface area contributed by atoms with E-state index >= 15 is 0 Å². The summed E-state index contributed by atoms with van der Waals surface area (Å²) in [4.78, 5) is 6.25. The third kappa shape index (κ3) is 4.54. The second-order valence-corrected chi connectivity index (χ2v) is 13.9. The van der Waals surface area contributed by atoms with Crippen molar-refractivity contribution in [2.75, 3.05) is 4.90 Å². The largest absolute Gasteiger partial charge is 0.455 e. The van der Waals surface area contributed by atoms with E-state index < -0.39 is 0 Å². The molecule has 6 nitrogen and oxygen atoms in total. The van der Waals surface area contributed by atoms with E-state index in [1.165, 1.54) is 0 Å². The van der Waals surface area contributed by atoms with Crippen molar-refractivity contribution in [3.05, 3.63) is 193 Å². The Labute approximate surface area is 321 Å². The van der Waals surface area contributed by atoms with Crippen molar-refractivity contribution in [3.63, 3.8) is 0 Å². The first-order valence-electron chi connectivity index (χ1n) is 18.4. The zero-order chi connectivity index (χ0) is 37.3. The van der Waals surface area contributed by atoms with Gasteiger partial charge in [0.1, 0.15) is 11.2 Å². The molecule has 0 saturated heterocycles. The highest BCUT2D eigenvalue weighted by Gasteiger charge is 2.24. The number of nitriles is 1. The van der Waals surface area contributed by atoms with Gasteiger partial charge < -0.3 is 18.5 Å². The molecule has 3 heterocycles. The Hall–Kier alpha value is -8.06.